The Hall–Kier alpha value is -1.78. The summed E-state index contributed by atoms with van der Waals surface area (Å²) >= 11 is 0. The normalized spacial score (nSPS) is 19.6. The van der Waals surface area contributed by atoms with Crippen LogP contribution in [0.2, 0.25) is 0 Å². The summed E-state index contributed by atoms with van der Waals surface area (Å²) in [5, 5.41) is 0. The van der Waals surface area contributed by atoms with E-state index in [0.29, 0.717) is 6.54 Å². The van der Waals surface area contributed by atoms with Crippen LogP contribution in [-0.4, -0.2) is 18.2 Å². The Morgan fingerprint density at radius 3 is 2.40 bits per heavy atom. The van der Waals surface area contributed by atoms with Gasteiger partial charge in [-0.1, -0.05) is 19.3 Å². The van der Waals surface area contributed by atoms with Crippen molar-refractivity contribution in [1.82, 2.24) is 0 Å². The van der Waals surface area contributed by atoms with Crippen LogP contribution >= 0.6 is 0 Å². The van der Waals surface area contributed by atoms with Gasteiger partial charge in [-0.25, -0.2) is 8.78 Å². The SMILES string of the molecule is O=C1C(=O)N(CC2CCCCC2)c2c(F)ccc(F)c21. The summed E-state index contributed by atoms with van der Waals surface area (Å²) in [4.78, 5) is 24.9. The summed E-state index contributed by atoms with van der Waals surface area (Å²) < 4.78 is 27.6. The number of benzene rings is 1. The number of carbonyl (C=O) groups excluding carboxylic acids is 2. The summed E-state index contributed by atoms with van der Waals surface area (Å²) in [6.07, 6.45) is 5.26. The molecule has 1 aliphatic heterocycles. The highest BCUT2D eigenvalue weighted by Gasteiger charge is 2.41. The number of anilines is 1. The van der Waals surface area contributed by atoms with Gasteiger partial charge in [-0.3, -0.25) is 9.59 Å². The van der Waals surface area contributed by atoms with Crippen LogP contribution in [-0.2, 0) is 4.79 Å². The minimum atomic E-state index is -0.937. The molecular weight excluding hydrogens is 264 g/mol. The molecule has 1 amide bonds. The first-order valence-corrected chi connectivity index (χ1v) is 6.94. The van der Waals surface area contributed by atoms with Crippen LogP contribution in [0.3, 0.4) is 0 Å². The standard InChI is InChI=1S/C15H15F2NO2/c16-10-6-7-11(17)13-12(10)14(19)15(20)18(13)8-9-4-2-1-3-5-9/h6-7,9H,1-5,8H2. The highest BCUT2D eigenvalue weighted by atomic mass is 19.1. The first-order valence-electron chi connectivity index (χ1n) is 6.94. The van der Waals surface area contributed by atoms with Crippen molar-refractivity contribution < 1.29 is 18.4 Å². The number of fused-ring (bicyclic) bond motifs is 1. The lowest BCUT2D eigenvalue weighted by molar-refractivity contribution is -0.114. The maximum absolute atomic E-state index is 13.9. The van der Waals surface area contributed by atoms with Crippen molar-refractivity contribution in [2.45, 2.75) is 32.1 Å². The third kappa shape index (κ3) is 2.01. The highest BCUT2D eigenvalue weighted by molar-refractivity contribution is 6.52. The van der Waals surface area contributed by atoms with E-state index in [-0.39, 0.29) is 11.6 Å². The number of amides is 1. The lowest BCUT2D eigenvalue weighted by atomic mass is 9.89. The molecular formula is C15H15F2NO2. The molecule has 0 saturated heterocycles. The summed E-state index contributed by atoms with van der Waals surface area (Å²) in [6.45, 7) is 0.304. The average Bonchev–Trinajstić information content (AvgIpc) is 2.70. The van der Waals surface area contributed by atoms with Crippen molar-refractivity contribution in [1.29, 1.82) is 0 Å². The van der Waals surface area contributed by atoms with E-state index >= 15 is 0 Å². The zero-order chi connectivity index (χ0) is 14.3. The van der Waals surface area contributed by atoms with Crippen molar-refractivity contribution in [3.8, 4) is 0 Å². The van der Waals surface area contributed by atoms with Crippen LogP contribution in [0.15, 0.2) is 12.1 Å². The van der Waals surface area contributed by atoms with E-state index in [1.54, 1.807) is 0 Å². The fourth-order valence-corrected chi connectivity index (χ4v) is 3.15. The molecule has 0 unspecified atom stereocenters. The second kappa shape index (κ2) is 4.96. The minimum absolute atomic E-state index is 0.175. The van der Waals surface area contributed by atoms with Gasteiger partial charge in [0.05, 0.1) is 11.3 Å². The predicted molar refractivity (Wildman–Crippen MR) is 69.6 cm³/mol. The Labute approximate surface area is 115 Å². The predicted octanol–water partition coefficient (Wildman–Crippen LogP) is 3.07. The van der Waals surface area contributed by atoms with Gasteiger partial charge in [0.2, 0.25) is 0 Å². The van der Waals surface area contributed by atoms with Crippen molar-refractivity contribution in [2.24, 2.45) is 5.92 Å². The molecule has 5 heteroatoms. The summed E-state index contributed by atoms with van der Waals surface area (Å²) in [5.74, 6) is -3.03. The largest absolute Gasteiger partial charge is 0.302 e. The second-order valence-electron chi connectivity index (χ2n) is 5.50. The molecule has 1 heterocycles. The molecule has 0 aromatic heterocycles. The molecule has 1 aromatic rings. The van der Waals surface area contributed by atoms with Crippen molar-refractivity contribution in [3.63, 3.8) is 0 Å². The summed E-state index contributed by atoms with van der Waals surface area (Å²) in [5.41, 5.74) is -0.587. The van der Waals surface area contributed by atoms with Crippen LogP contribution < -0.4 is 4.90 Å². The number of carbonyl (C=O) groups is 2. The van der Waals surface area contributed by atoms with E-state index in [2.05, 4.69) is 0 Å². The van der Waals surface area contributed by atoms with Gasteiger partial charge in [0.25, 0.3) is 11.7 Å². The maximum Gasteiger partial charge on any atom is 0.299 e. The first kappa shape index (κ1) is 13.2. The third-order valence-electron chi connectivity index (χ3n) is 4.18. The number of ketones is 1. The van der Waals surface area contributed by atoms with E-state index in [1.807, 2.05) is 0 Å². The highest BCUT2D eigenvalue weighted by Crippen LogP contribution is 2.35. The zero-order valence-electron chi connectivity index (χ0n) is 11.0. The molecule has 1 aromatic carbocycles. The van der Waals surface area contributed by atoms with Gasteiger partial charge >= 0.3 is 0 Å². The topological polar surface area (TPSA) is 37.4 Å². The van der Waals surface area contributed by atoms with E-state index in [1.165, 1.54) is 6.42 Å². The molecule has 106 valence electrons. The van der Waals surface area contributed by atoms with Gasteiger partial charge in [0.1, 0.15) is 11.6 Å². The number of hydrogen-bond acceptors (Lipinski definition) is 2. The van der Waals surface area contributed by atoms with E-state index in [0.717, 1.165) is 42.7 Å². The van der Waals surface area contributed by atoms with E-state index in [9.17, 15) is 18.4 Å². The molecule has 0 bridgehead atoms. The molecule has 0 spiro atoms. The number of hydrogen-bond donors (Lipinski definition) is 0. The first-order chi connectivity index (χ1) is 9.59. The van der Waals surface area contributed by atoms with Gasteiger partial charge < -0.3 is 4.90 Å². The molecule has 3 nitrogen and oxygen atoms in total. The van der Waals surface area contributed by atoms with Gasteiger partial charge in [0, 0.05) is 6.54 Å². The van der Waals surface area contributed by atoms with Crippen LogP contribution in [0.5, 0.6) is 0 Å². The molecule has 0 N–H and O–H groups in total. The number of halogens is 2. The van der Waals surface area contributed by atoms with Gasteiger partial charge in [-0.15, -0.1) is 0 Å². The zero-order valence-corrected chi connectivity index (χ0v) is 11.0. The van der Waals surface area contributed by atoms with Crippen molar-refractivity contribution in [2.75, 3.05) is 11.4 Å². The molecule has 20 heavy (non-hydrogen) atoms. The molecule has 3 rings (SSSR count). The second-order valence-corrected chi connectivity index (χ2v) is 5.50. The monoisotopic (exact) mass is 279 g/mol. The van der Waals surface area contributed by atoms with Crippen LogP contribution in [0, 0.1) is 17.6 Å². The maximum atomic E-state index is 13.9. The Morgan fingerprint density at radius 1 is 1.05 bits per heavy atom. The van der Waals surface area contributed by atoms with E-state index in [4.69, 9.17) is 0 Å². The molecule has 0 radical (unpaired) electrons. The molecule has 1 fully saturated rings. The van der Waals surface area contributed by atoms with Crippen molar-refractivity contribution in [3.05, 3.63) is 29.3 Å². The third-order valence-corrected chi connectivity index (χ3v) is 4.18. The van der Waals surface area contributed by atoms with Crippen molar-refractivity contribution >= 4 is 17.4 Å². The lowest BCUT2D eigenvalue weighted by Crippen LogP contribution is -2.35. The Bertz CT molecular complexity index is 579. The Kier molecular flexibility index (Phi) is 3.28. The summed E-state index contributed by atoms with van der Waals surface area (Å²) in [6, 6.07) is 1.86. The fourth-order valence-electron chi connectivity index (χ4n) is 3.15. The van der Waals surface area contributed by atoms with Gasteiger partial charge in [0.15, 0.2) is 0 Å². The minimum Gasteiger partial charge on any atom is -0.302 e. The Balaban J connectivity index is 1.95. The molecule has 1 aliphatic carbocycles. The van der Waals surface area contributed by atoms with Crippen LogP contribution in [0.25, 0.3) is 0 Å². The Morgan fingerprint density at radius 2 is 1.70 bits per heavy atom. The quantitative estimate of drug-likeness (QED) is 0.780. The van der Waals surface area contributed by atoms with Gasteiger partial charge in [-0.2, -0.15) is 0 Å². The van der Waals surface area contributed by atoms with Crippen LogP contribution in [0.4, 0.5) is 14.5 Å². The van der Waals surface area contributed by atoms with Crippen LogP contribution in [0.1, 0.15) is 42.5 Å². The number of rotatable bonds is 2. The molecule has 1 saturated carbocycles. The smallest absolute Gasteiger partial charge is 0.299 e. The molecule has 0 atom stereocenters. The molecule has 2 aliphatic rings. The number of nitrogens with zero attached hydrogens (tertiary/aromatic N) is 1. The lowest BCUT2D eigenvalue weighted by Gasteiger charge is -2.27. The van der Waals surface area contributed by atoms with E-state index < -0.39 is 28.9 Å². The number of Topliss-reactive ketones (excluding diaryl/α,β-unsaturated/α-hetero) is 1. The fraction of sp³-hybridized carbons (Fsp3) is 0.467. The average molecular weight is 279 g/mol. The van der Waals surface area contributed by atoms with Gasteiger partial charge in [-0.05, 0) is 30.9 Å². The summed E-state index contributed by atoms with van der Waals surface area (Å²) in [7, 11) is 0.